The molecule has 1 heterocycles. The predicted octanol–water partition coefficient (Wildman–Crippen LogP) is 2.99. The Morgan fingerprint density at radius 1 is 1.31 bits per heavy atom. The van der Waals surface area contributed by atoms with Crippen LogP contribution in [0.2, 0.25) is 0 Å². The van der Waals surface area contributed by atoms with E-state index in [-0.39, 0.29) is 0 Å². The van der Waals surface area contributed by atoms with Crippen molar-refractivity contribution in [2.24, 2.45) is 10.7 Å². The number of allylic oxidation sites excluding steroid dienone is 1. The maximum atomic E-state index is 5.62. The molecule has 1 aromatic heterocycles. The lowest BCUT2D eigenvalue weighted by molar-refractivity contribution is 0.349. The zero-order valence-corrected chi connectivity index (χ0v) is 15.9. The second-order valence-corrected chi connectivity index (χ2v) is 7.05. The number of benzene rings is 1. The van der Waals surface area contributed by atoms with Gasteiger partial charge in [0.2, 0.25) is 0 Å². The first kappa shape index (κ1) is 18.5. The third-order valence-corrected chi connectivity index (χ3v) is 5.14. The summed E-state index contributed by atoms with van der Waals surface area (Å²) in [6.07, 6.45) is 11.7. The van der Waals surface area contributed by atoms with Crippen LogP contribution < -0.4 is 15.8 Å². The van der Waals surface area contributed by atoms with Crippen LogP contribution in [0.1, 0.15) is 25.7 Å². The van der Waals surface area contributed by atoms with Crippen molar-refractivity contribution in [3.63, 3.8) is 0 Å². The van der Waals surface area contributed by atoms with Crippen LogP contribution in [0.5, 0.6) is 0 Å². The highest BCUT2D eigenvalue weighted by Gasteiger charge is 2.20. The molecular formula is C19H26N6S. The van der Waals surface area contributed by atoms with Gasteiger partial charge in [-0.15, -0.1) is 0 Å². The molecule has 26 heavy (non-hydrogen) atoms. The van der Waals surface area contributed by atoms with Gasteiger partial charge in [-0.3, -0.25) is 4.72 Å². The third-order valence-electron chi connectivity index (χ3n) is 4.57. The van der Waals surface area contributed by atoms with Crippen molar-refractivity contribution in [2.75, 3.05) is 6.26 Å². The molecule has 1 fully saturated rings. The van der Waals surface area contributed by atoms with Gasteiger partial charge in [0.15, 0.2) is 5.84 Å². The van der Waals surface area contributed by atoms with Crippen LogP contribution in [-0.4, -0.2) is 34.0 Å². The number of aromatic nitrogens is 2. The van der Waals surface area contributed by atoms with Crippen LogP contribution >= 0.6 is 11.9 Å². The number of nitrogens with one attached hydrogen (secondary N) is 2. The fraction of sp³-hybridized carbons (Fsp3) is 0.368. The summed E-state index contributed by atoms with van der Waals surface area (Å²) in [6.45, 7) is 4.08. The van der Waals surface area contributed by atoms with Gasteiger partial charge in [-0.25, -0.2) is 9.67 Å². The van der Waals surface area contributed by atoms with E-state index in [1.54, 1.807) is 22.7 Å². The summed E-state index contributed by atoms with van der Waals surface area (Å²) >= 11 is 1.70. The van der Waals surface area contributed by atoms with Crippen molar-refractivity contribution in [1.82, 2.24) is 19.8 Å². The van der Waals surface area contributed by atoms with Gasteiger partial charge >= 0.3 is 0 Å². The summed E-state index contributed by atoms with van der Waals surface area (Å²) in [5, 5.41) is 8.95. The topological polar surface area (TPSA) is 80.3 Å². The van der Waals surface area contributed by atoms with Crippen molar-refractivity contribution in [2.45, 2.75) is 37.8 Å². The van der Waals surface area contributed by atoms with Crippen molar-refractivity contribution >= 4 is 28.7 Å². The molecule has 2 aromatic rings. The Hall–Kier alpha value is -2.25. The number of nitrogens with zero attached hydrogens (tertiary/aromatic N) is 3. The Balaban J connectivity index is 1.70. The van der Waals surface area contributed by atoms with Gasteiger partial charge in [0, 0.05) is 17.5 Å². The minimum atomic E-state index is 0.406. The molecule has 0 atom stereocenters. The SMILES string of the molecule is C=C(N=C(/C=C\N)n1ncc2ccccc21)NC1CCC(NSC)CC1. The van der Waals surface area contributed by atoms with E-state index >= 15 is 0 Å². The standard InChI is InChI=1S/C19H26N6S/c1-14(22-16-7-9-17(10-8-16)24-26-2)23-19(11-12-20)25-18-6-4-3-5-15(18)13-21-25/h3-6,11-13,16-17,22,24H,1,7-10,20H2,2H3/b12-11-,23-19?. The molecule has 7 heteroatoms. The first-order valence-electron chi connectivity index (χ1n) is 8.85. The molecule has 0 radical (unpaired) electrons. The molecule has 6 nitrogen and oxygen atoms in total. The van der Waals surface area contributed by atoms with E-state index in [1.165, 1.54) is 6.20 Å². The zero-order valence-electron chi connectivity index (χ0n) is 15.1. The van der Waals surface area contributed by atoms with E-state index in [0.717, 1.165) is 36.6 Å². The Morgan fingerprint density at radius 3 is 2.77 bits per heavy atom. The molecule has 3 rings (SSSR count). The Labute approximate surface area is 158 Å². The normalized spacial score (nSPS) is 21.3. The summed E-state index contributed by atoms with van der Waals surface area (Å²) in [4.78, 5) is 4.63. The quantitative estimate of drug-likeness (QED) is 0.414. The van der Waals surface area contributed by atoms with Crippen LogP contribution in [0.25, 0.3) is 10.9 Å². The fourth-order valence-corrected chi connectivity index (χ4v) is 3.89. The number of aliphatic imine (C=N–C) groups is 1. The van der Waals surface area contributed by atoms with Crippen molar-refractivity contribution in [1.29, 1.82) is 0 Å². The van der Waals surface area contributed by atoms with Crippen LogP contribution in [0.4, 0.5) is 0 Å². The molecule has 0 bridgehead atoms. The van der Waals surface area contributed by atoms with E-state index < -0.39 is 0 Å². The molecule has 1 aliphatic rings. The van der Waals surface area contributed by atoms with Crippen LogP contribution in [0, 0.1) is 0 Å². The molecule has 138 valence electrons. The lowest BCUT2D eigenvalue weighted by Crippen LogP contribution is -2.37. The van der Waals surface area contributed by atoms with Crippen molar-refractivity contribution < 1.29 is 0 Å². The van der Waals surface area contributed by atoms with E-state index in [2.05, 4.69) is 33.0 Å². The molecule has 4 N–H and O–H groups in total. The molecule has 0 amide bonds. The van der Waals surface area contributed by atoms with Gasteiger partial charge in [0.1, 0.15) is 5.82 Å². The van der Waals surface area contributed by atoms with Crippen LogP contribution in [0.15, 0.2) is 60.1 Å². The Kier molecular flexibility index (Phi) is 6.35. The van der Waals surface area contributed by atoms with Crippen LogP contribution in [0.3, 0.4) is 0 Å². The monoisotopic (exact) mass is 370 g/mol. The first-order valence-corrected chi connectivity index (χ1v) is 10.1. The van der Waals surface area contributed by atoms with Gasteiger partial charge in [0.05, 0.1) is 11.7 Å². The lowest BCUT2D eigenvalue weighted by Gasteiger charge is -2.29. The minimum Gasteiger partial charge on any atom is -0.404 e. The maximum absolute atomic E-state index is 5.62. The second kappa shape index (κ2) is 8.91. The Morgan fingerprint density at radius 2 is 2.04 bits per heavy atom. The summed E-state index contributed by atoms with van der Waals surface area (Å²) < 4.78 is 5.23. The van der Waals surface area contributed by atoms with E-state index in [0.29, 0.717) is 23.7 Å². The first-order chi connectivity index (χ1) is 12.7. The number of para-hydroxylation sites is 1. The van der Waals surface area contributed by atoms with E-state index in [1.807, 2.05) is 30.5 Å². The molecule has 0 unspecified atom stereocenters. The van der Waals surface area contributed by atoms with Gasteiger partial charge in [-0.05, 0) is 50.3 Å². The summed E-state index contributed by atoms with van der Waals surface area (Å²) in [6, 6.07) is 9.02. The number of nitrogens with two attached hydrogens (primary N) is 1. The largest absolute Gasteiger partial charge is 0.404 e. The van der Waals surface area contributed by atoms with Gasteiger partial charge in [-0.2, -0.15) is 5.10 Å². The molecular weight excluding hydrogens is 344 g/mol. The predicted molar refractivity (Wildman–Crippen MR) is 111 cm³/mol. The van der Waals surface area contributed by atoms with Crippen molar-refractivity contribution in [3.05, 3.63) is 55.1 Å². The second-order valence-electron chi connectivity index (χ2n) is 6.41. The molecule has 1 saturated carbocycles. The summed E-state index contributed by atoms with van der Waals surface area (Å²) in [5.74, 6) is 1.28. The van der Waals surface area contributed by atoms with Crippen molar-refractivity contribution in [3.8, 4) is 0 Å². The van der Waals surface area contributed by atoms with Gasteiger partial charge in [0.25, 0.3) is 0 Å². The smallest absolute Gasteiger partial charge is 0.157 e. The molecule has 0 saturated heterocycles. The van der Waals surface area contributed by atoms with Gasteiger partial charge in [-0.1, -0.05) is 36.7 Å². The Bertz CT molecular complexity index is 801. The third kappa shape index (κ3) is 4.47. The number of hydrogen-bond donors (Lipinski definition) is 3. The van der Waals surface area contributed by atoms with E-state index in [9.17, 15) is 0 Å². The molecule has 1 aromatic carbocycles. The lowest BCUT2D eigenvalue weighted by atomic mass is 9.92. The molecule has 1 aliphatic carbocycles. The van der Waals surface area contributed by atoms with E-state index in [4.69, 9.17) is 5.73 Å². The molecule has 0 spiro atoms. The van der Waals surface area contributed by atoms with Gasteiger partial charge < -0.3 is 11.1 Å². The summed E-state index contributed by atoms with van der Waals surface area (Å²) in [5.41, 5.74) is 6.61. The van der Waals surface area contributed by atoms with Crippen LogP contribution in [-0.2, 0) is 0 Å². The maximum Gasteiger partial charge on any atom is 0.157 e. The average Bonchev–Trinajstić information content (AvgIpc) is 3.07. The summed E-state index contributed by atoms with van der Waals surface area (Å²) in [7, 11) is 0. The highest BCUT2D eigenvalue weighted by atomic mass is 32.2. The highest BCUT2D eigenvalue weighted by molar-refractivity contribution is 7.96. The zero-order chi connectivity index (χ0) is 18.4. The minimum absolute atomic E-state index is 0.406. The molecule has 0 aliphatic heterocycles. The number of fused-ring (bicyclic) bond motifs is 1. The fourth-order valence-electron chi connectivity index (χ4n) is 3.32. The number of hydrogen-bond acceptors (Lipinski definition) is 6. The number of rotatable bonds is 6. The average molecular weight is 371 g/mol. The highest BCUT2D eigenvalue weighted by Crippen LogP contribution is 2.21.